The number of methoxy groups -OCH3 is 1. The molecule has 0 saturated carbocycles. The minimum absolute atomic E-state index is 0.153. The maximum atomic E-state index is 11.3. The van der Waals surface area contributed by atoms with Gasteiger partial charge in [0, 0.05) is 5.02 Å². The number of carbonyl (C=O) groups excluding carboxylic acids is 1. The Hall–Kier alpha value is -2.45. The molecule has 0 N–H and O–H groups in total. The Morgan fingerprint density at radius 2 is 1.96 bits per heavy atom. The lowest BCUT2D eigenvalue weighted by atomic mass is 10.3. The second kappa shape index (κ2) is 8.09. The van der Waals surface area contributed by atoms with Crippen LogP contribution in [0.2, 0.25) is 5.02 Å². The van der Waals surface area contributed by atoms with Crippen LogP contribution < -0.4 is 4.74 Å². The minimum Gasteiger partial charge on any atom is -0.484 e. The normalized spacial score (nSPS) is 10.6. The molecule has 0 aliphatic heterocycles. The lowest BCUT2D eigenvalue weighted by molar-refractivity contribution is 0.0563. The van der Waals surface area contributed by atoms with Gasteiger partial charge >= 0.3 is 5.97 Å². The Labute approximate surface area is 152 Å². The van der Waals surface area contributed by atoms with Crippen molar-refractivity contribution in [1.29, 1.82) is 0 Å². The summed E-state index contributed by atoms with van der Waals surface area (Å²) in [5.74, 6) is 1.69. The molecule has 2 heterocycles. The Morgan fingerprint density at radius 3 is 2.72 bits per heavy atom. The zero-order valence-corrected chi connectivity index (χ0v) is 14.7. The van der Waals surface area contributed by atoms with Crippen molar-refractivity contribution in [3.8, 4) is 5.75 Å². The van der Waals surface area contributed by atoms with E-state index in [1.165, 1.54) is 18.9 Å². The van der Waals surface area contributed by atoms with Gasteiger partial charge in [-0.15, -0.1) is 10.2 Å². The van der Waals surface area contributed by atoms with Crippen LogP contribution in [0.5, 0.6) is 5.75 Å². The molecule has 0 bridgehead atoms. The number of thioether (sulfide) groups is 1. The first kappa shape index (κ1) is 17.4. The summed E-state index contributed by atoms with van der Waals surface area (Å²) in [6, 6.07) is 10.2. The van der Waals surface area contributed by atoms with Crippen molar-refractivity contribution in [1.82, 2.24) is 10.2 Å². The van der Waals surface area contributed by atoms with Crippen molar-refractivity contribution in [2.24, 2.45) is 0 Å². The molecule has 3 rings (SSSR count). The van der Waals surface area contributed by atoms with E-state index >= 15 is 0 Å². The third-order valence-corrected chi connectivity index (χ3v) is 4.10. The van der Waals surface area contributed by atoms with Crippen LogP contribution in [0.4, 0.5) is 0 Å². The lowest BCUT2D eigenvalue weighted by Crippen LogP contribution is -1.98. The van der Waals surface area contributed by atoms with Gasteiger partial charge in [-0.3, -0.25) is 0 Å². The van der Waals surface area contributed by atoms with Crippen LogP contribution in [0.25, 0.3) is 0 Å². The van der Waals surface area contributed by atoms with Crippen molar-refractivity contribution in [2.75, 3.05) is 7.11 Å². The molecule has 1 aromatic carbocycles. The highest BCUT2D eigenvalue weighted by atomic mass is 35.5. The monoisotopic (exact) mass is 380 g/mol. The quantitative estimate of drug-likeness (QED) is 0.449. The number of furan rings is 1. The van der Waals surface area contributed by atoms with E-state index in [1.807, 2.05) is 0 Å². The first-order chi connectivity index (χ1) is 12.1. The standard InChI is InChI=1S/C16H13ClN2O5S/c1-21-15(20)13-7-6-12(23-13)9-25-16-19-18-14(24-16)8-22-11-4-2-10(17)3-5-11/h2-7H,8-9H2,1H3. The van der Waals surface area contributed by atoms with E-state index in [0.29, 0.717) is 33.4 Å². The molecule has 0 aliphatic rings. The summed E-state index contributed by atoms with van der Waals surface area (Å²) in [6.07, 6.45) is 0. The molecular formula is C16H13ClN2O5S. The van der Waals surface area contributed by atoms with E-state index in [-0.39, 0.29) is 12.4 Å². The molecule has 3 aromatic rings. The number of benzene rings is 1. The van der Waals surface area contributed by atoms with Gasteiger partial charge in [0.15, 0.2) is 6.61 Å². The van der Waals surface area contributed by atoms with Crippen molar-refractivity contribution in [2.45, 2.75) is 17.6 Å². The lowest BCUT2D eigenvalue weighted by Gasteiger charge is -2.02. The summed E-state index contributed by atoms with van der Waals surface area (Å²) in [7, 11) is 1.30. The number of nitrogens with zero attached hydrogens (tertiary/aromatic N) is 2. The van der Waals surface area contributed by atoms with Gasteiger partial charge in [-0.05, 0) is 36.4 Å². The number of hydrogen-bond donors (Lipinski definition) is 0. The summed E-state index contributed by atoms with van der Waals surface area (Å²) in [6.45, 7) is 0.155. The van der Waals surface area contributed by atoms with Gasteiger partial charge < -0.3 is 18.3 Å². The number of carbonyl (C=O) groups is 1. The van der Waals surface area contributed by atoms with E-state index in [4.69, 9.17) is 25.2 Å². The maximum absolute atomic E-state index is 11.3. The predicted molar refractivity (Wildman–Crippen MR) is 89.7 cm³/mol. The van der Waals surface area contributed by atoms with Gasteiger partial charge in [0.05, 0.1) is 12.9 Å². The molecule has 0 radical (unpaired) electrons. The van der Waals surface area contributed by atoms with E-state index in [2.05, 4.69) is 14.9 Å². The summed E-state index contributed by atoms with van der Waals surface area (Å²) < 4.78 is 21.0. The molecule has 0 saturated heterocycles. The zero-order valence-electron chi connectivity index (χ0n) is 13.1. The second-order valence-corrected chi connectivity index (χ2v) is 6.11. The highest BCUT2D eigenvalue weighted by Gasteiger charge is 2.13. The molecule has 0 spiro atoms. The number of rotatable bonds is 7. The number of aromatic nitrogens is 2. The molecule has 0 atom stereocenters. The Balaban J connectivity index is 1.50. The summed E-state index contributed by atoms with van der Waals surface area (Å²) in [5, 5.41) is 8.86. The Bertz CT molecular complexity index is 846. The number of hydrogen-bond acceptors (Lipinski definition) is 8. The summed E-state index contributed by atoms with van der Waals surface area (Å²) in [5.41, 5.74) is 0. The fourth-order valence-electron chi connectivity index (χ4n) is 1.83. The number of halogens is 1. The highest BCUT2D eigenvalue weighted by molar-refractivity contribution is 7.98. The van der Waals surface area contributed by atoms with Crippen LogP contribution in [0.3, 0.4) is 0 Å². The molecule has 0 amide bonds. The van der Waals surface area contributed by atoms with E-state index in [0.717, 1.165) is 0 Å². The summed E-state index contributed by atoms with van der Waals surface area (Å²) >= 11 is 7.10. The second-order valence-electron chi connectivity index (χ2n) is 4.75. The minimum atomic E-state index is -0.518. The van der Waals surface area contributed by atoms with E-state index in [9.17, 15) is 4.79 Å². The molecule has 0 unspecified atom stereocenters. The number of ether oxygens (including phenoxy) is 2. The molecule has 0 fully saturated rings. The van der Waals surface area contributed by atoms with Gasteiger partial charge in [0.1, 0.15) is 11.5 Å². The van der Waals surface area contributed by atoms with Crippen molar-refractivity contribution >= 4 is 29.3 Å². The third-order valence-electron chi connectivity index (χ3n) is 3.01. The van der Waals surface area contributed by atoms with Gasteiger partial charge in [-0.25, -0.2) is 4.79 Å². The molecule has 2 aromatic heterocycles. The SMILES string of the molecule is COC(=O)c1ccc(CSc2nnc(COc3ccc(Cl)cc3)o2)o1. The molecule has 7 nitrogen and oxygen atoms in total. The van der Waals surface area contributed by atoms with Crippen LogP contribution >= 0.6 is 23.4 Å². The van der Waals surface area contributed by atoms with Crippen molar-refractivity contribution in [3.63, 3.8) is 0 Å². The molecule has 9 heteroatoms. The Kier molecular flexibility index (Phi) is 5.62. The molecular weight excluding hydrogens is 368 g/mol. The Morgan fingerprint density at radius 1 is 1.16 bits per heavy atom. The van der Waals surface area contributed by atoms with Crippen LogP contribution in [0.15, 0.2) is 50.5 Å². The van der Waals surface area contributed by atoms with Gasteiger partial charge in [-0.1, -0.05) is 23.4 Å². The first-order valence-corrected chi connectivity index (χ1v) is 8.51. The van der Waals surface area contributed by atoms with Crippen LogP contribution in [-0.4, -0.2) is 23.3 Å². The number of esters is 1. The average molecular weight is 381 g/mol. The van der Waals surface area contributed by atoms with E-state index in [1.54, 1.807) is 36.4 Å². The van der Waals surface area contributed by atoms with Gasteiger partial charge in [-0.2, -0.15) is 0 Å². The molecule has 25 heavy (non-hydrogen) atoms. The van der Waals surface area contributed by atoms with Crippen LogP contribution in [-0.2, 0) is 17.1 Å². The topological polar surface area (TPSA) is 87.6 Å². The average Bonchev–Trinajstić information content (AvgIpc) is 3.28. The molecule has 0 aliphatic carbocycles. The largest absolute Gasteiger partial charge is 0.484 e. The van der Waals surface area contributed by atoms with Gasteiger partial charge in [0.25, 0.3) is 11.1 Å². The van der Waals surface area contributed by atoms with E-state index < -0.39 is 5.97 Å². The maximum Gasteiger partial charge on any atom is 0.373 e. The van der Waals surface area contributed by atoms with Crippen molar-refractivity contribution in [3.05, 3.63) is 58.8 Å². The van der Waals surface area contributed by atoms with Crippen LogP contribution in [0.1, 0.15) is 22.2 Å². The smallest absolute Gasteiger partial charge is 0.373 e. The van der Waals surface area contributed by atoms with Crippen molar-refractivity contribution < 1.29 is 23.1 Å². The zero-order chi connectivity index (χ0) is 17.6. The fraction of sp³-hybridized carbons (Fsp3) is 0.188. The van der Waals surface area contributed by atoms with Crippen LogP contribution in [0, 0.1) is 0 Å². The molecule has 130 valence electrons. The third kappa shape index (κ3) is 4.77. The fourth-order valence-corrected chi connectivity index (χ4v) is 2.63. The summed E-state index contributed by atoms with van der Waals surface area (Å²) in [4.78, 5) is 11.3. The first-order valence-electron chi connectivity index (χ1n) is 7.14. The van der Waals surface area contributed by atoms with Gasteiger partial charge in [0.2, 0.25) is 5.76 Å². The highest BCUT2D eigenvalue weighted by Crippen LogP contribution is 2.23. The predicted octanol–water partition coefficient (Wildman–Crippen LogP) is 3.97.